The third kappa shape index (κ3) is 4.26. The molecule has 2 rings (SSSR count). The topological polar surface area (TPSA) is 93.2 Å². The van der Waals surface area contributed by atoms with Crippen molar-refractivity contribution < 1.29 is 14.3 Å². The van der Waals surface area contributed by atoms with E-state index in [1.807, 2.05) is 19.1 Å². The Kier molecular flexibility index (Phi) is 5.42. The maximum Gasteiger partial charge on any atom is 0.412 e. The molecule has 0 atom stereocenters. The monoisotopic (exact) mass is 320 g/mol. The van der Waals surface area contributed by atoms with Gasteiger partial charge in [-0.15, -0.1) is 11.3 Å². The Hall–Kier alpha value is -2.48. The molecular weight excluding hydrogens is 304 g/mol. The fourth-order valence-corrected chi connectivity index (χ4v) is 2.40. The average Bonchev–Trinajstić information content (AvgIpc) is 2.93. The van der Waals surface area contributed by atoms with Crippen LogP contribution >= 0.6 is 11.3 Å². The normalized spacial score (nSPS) is 10.1. The molecule has 7 nitrogen and oxygen atoms in total. The van der Waals surface area contributed by atoms with Crippen molar-refractivity contribution in [3.8, 4) is 0 Å². The van der Waals surface area contributed by atoms with Crippen LogP contribution in [0.3, 0.4) is 0 Å². The zero-order valence-electron chi connectivity index (χ0n) is 12.3. The molecule has 0 aromatic carbocycles. The lowest BCUT2D eigenvalue weighted by molar-refractivity contribution is 0.0947. The van der Waals surface area contributed by atoms with Crippen molar-refractivity contribution in [2.75, 3.05) is 11.9 Å². The Labute approximate surface area is 131 Å². The second-order valence-electron chi connectivity index (χ2n) is 4.36. The van der Waals surface area contributed by atoms with Crippen LogP contribution in [0, 0.1) is 6.92 Å². The van der Waals surface area contributed by atoms with Gasteiger partial charge in [0.1, 0.15) is 5.00 Å². The number of nitrogens with zero attached hydrogens (tertiary/aromatic N) is 2. The van der Waals surface area contributed by atoms with E-state index in [-0.39, 0.29) is 18.2 Å². The lowest BCUT2D eigenvalue weighted by Crippen LogP contribution is -2.25. The first kappa shape index (κ1) is 15.9. The molecular formula is C14H16N4O3S. The van der Waals surface area contributed by atoms with Crippen molar-refractivity contribution in [3.05, 3.63) is 40.8 Å². The number of carbonyl (C=O) groups excluding carboxylic acids is 2. The zero-order valence-corrected chi connectivity index (χ0v) is 13.1. The van der Waals surface area contributed by atoms with Gasteiger partial charge in [0.05, 0.1) is 12.1 Å². The minimum atomic E-state index is -0.606. The van der Waals surface area contributed by atoms with Gasteiger partial charge in [-0.1, -0.05) is 0 Å². The number of thiazole rings is 1. The Balaban J connectivity index is 1.98. The number of hydrogen-bond donors (Lipinski definition) is 2. The summed E-state index contributed by atoms with van der Waals surface area (Å²) in [5.74, 6) is -0.359. The number of pyridine rings is 1. The predicted octanol–water partition coefficient (Wildman–Crippen LogP) is 2.34. The highest BCUT2D eigenvalue weighted by atomic mass is 32.1. The molecule has 0 fully saturated rings. The van der Waals surface area contributed by atoms with Crippen LogP contribution in [0.4, 0.5) is 9.80 Å². The SMILES string of the molecule is CCOC(=O)Nc1scnc1C(=O)NCc1ccnc(C)c1. The first-order chi connectivity index (χ1) is 10.6. The summed E-state index contributed by atoms with van der Waals surface area (Å²) in [6.45, 7) is 4.20. The fraction of sp³-hybridized carbons (Fsp3) is 0.286. The average molecular weight is 320 g/mol. The number of aromatic nitrogens is 2. The van der Waals surface area contributed by atoms with Gasteiger partial charge in [-0.05, 0) is 31.5 Å². The van der Waals surface area contributed by atoms with E-state index >= 15 is 0 Å². The molecule has 2 N–H and O–H groups in total. The second kappa shape index (κ2) is 7.51. The summed E-state index contributed by atoms with van der Waals surface area (Å²) in [5.41, 5.74) is 3.48. The summed E-state index contributed by atoms with van der Waals surface area (Å²) >= 11 is 1.16. The Bertz CT molecular complexity index is 672. The highest BCUT2D eigenvalue weighted by molar-refractivity contribution is 7.14. The number of carbonyl (C=O) groups is 2. The highest BCUT2D eigenvalue weighted by Gasteiger charge is 2.17. The fourth-order valence-electron chi connectivity index (χ4n) is 1.74. The lowest BCUT2D eigenvalue weighted by atomic mass is 10.2. The molecule has 0 aliphatic rings. The van der Waals surface area contributed by atoms with Crippen LogP contribution in [0.5, 0.6) is 0 Å². The summed E-state index contributed by atoms with van der Waals surface area (Å²) in [6.07, 6.45) is 1.08. The number of ether oxygens (including phenoxy) is 1. The molecule has 2 amide bonds. The smallest absolute Gasteiger partial charge is 0.412 e. The largest absolute Gasteiger partial charge is 0.450 e. The van der Waals surface area contributed by atoms with Gasteiger partial charge in [-0.25, -0.2) is 9.78 Å². The first-order valence-electron chi connectivity index (χ1n) is 6.67. The van der Waals surface area contributed by atoms with Gasteiger partial charge in [0.25, 0.3) is 5.91 Å². The van der Waals surface area contributed by atoms with E-state index in [4.69, 9.17) is 4.74 Å². The van der Waals surface area contributed by atoms with Crippen molar-refractivity contribution in [1.82, 2.24) is 15.3 Å². The van der Waals surface area contributed by atoms with Gasteiger partial charge >= 0.3 is 6.09 Å². The quantitative estimate of drug-likeness (QED) is 0.882. The summed E-state index contributed by atoms with van der Waals surface area (Å²) in [5, 5.41) is 5.63. The molecule has 2 aromatic heterocycles. The van der Waals surface area contributed by atoms with Crippen molar-refractivity contribution in [2.45, 2.75) is 20.4 Å². The van der Waals surface area contributed by atoms with E-state index in [0.29, 0.717) is 11.5 Å². The number of anilines is 1. The molecule has 0 saturated heterocycles. The van der Waals surface area contributed by atoms with E-state index in [0.717, 1.165) is 22.6 Å². The molecule has 2 aromatic rings. The van der Waals surface area contributed by atoms with E-state index in [9.17, 15) is 9.59 Å². The molecule has 0 bridgehead atoms. The number of nitrogens with one attached hydrogen (secondary N) is 2. The van der Waals surface area contributed by atoms with Crippen LogP contribution in [-0.2, 0) is 11.3 Å². The lowest BCUT2D eigenvalue weighted by Gasteiger charge is -2.07. The van der Waals surface area contributed by atoms with Crippen molar-refractivity contribution in [2.24, 2.45) is 0 Å². The van der Waals surface area contributed by atoms with Gasteiger partial charge in [0.15, 0.2) is 5.69 Å². The van der Waals surface area contributed by atoms with Gasteiger partial charge in [0, 0.05) is 18.4 Å². The molecule has 116 valence electrons. The molecule has 0 saturated carbocycles. The van der Waals surface area contributed by atoms with E-state index in [1.54, 1.807) is 13.1 Å². The van der Waals surface area contributed by atoms with Gasteiger partial charge < -0.3 is 10.1 Å². The minimum Gasteiger partial charge on any atom is -0.450 e. The molecule has 22 heavy (non-hydrogen) atoms. The van der Waals surface area contributed by atoms with Crippen LogP contribution in [0.2, 0.25) is 0 Å². The third-order valence-electron chi connectivity index (χ3n) is 2.69. The maximum atomic E-state index is 12.1. The van der Waals surface area contributed by atoms with Crippen molar-refractivity contribution >= 4 is 28.3 Å². The number of rotatable bonds is 5. The van der Waals surface area contributed by atoms with E-state index < -0.39 is 6.09 Å². The van der Waals surface area contributed by atoms with Gasteiger partial charge in [-0.2, -0.15) is 0 Å². The summed E-state index contributed by atoms with van der Waals surface area (Å²) < 4.78 is 4.78. The van der Waals surface area contributed by atoms with E-state index in [2.05, 4.69) is 20.6 Å². The molecule has 2 heterocycles. The van der Waals surface area contributed by atoms with Gasteiger partial charge in [-0.3, -0.25) is 15.1 Å². The standard InChI is InChI=1S/C14H16N4O3S/c1-3-21-14(20)18-13-11(17-8-22-13)12(19)16-7-10-4-5-15-9(2)6-10/h4-6,8H,3,7H2,1-2H3,(H,16,19)(H,18,20). The van der Waals surface area contributed by atoms with E-state index in [1.165, 1.54) is 5.51 Å². The van der Waals surface area contributed by atoms with Crippen LogP contribution in [-0.4, -0.2) is 28.6 Å². The molecule has 0 unspecified atom stereocenters. The van der Waals surface area contributed by atoms with Crippen LogP contribution < -0.4 is 10.6 Å². The molecule has 0 radical (unpaired) electrons. The van der Waals surface area contributed by atoms with Crippen molar-refractivity contribution in [3.63, 3.8) is 0 Å². The predicted molar refractivity (Wildman–Crippen MR) is 82.9 cm³/mol. The molecule has 0 spiro atoms. The number of hydrogen-bond acceptors (Lipinski definition) is 6. The van der Waals surface area contributed by atoms with Crippen LogP contribution in [0.1, 0.15) is 28.7 Å². The molecule has 8 heteroatoms. The summed E-state index contributed by atoms with van der Waals surface area (Å²) in [7, 11) is 0. The Morgan fingerprint density at radius 2 is 2.18 bits per heavy atom. The number of amides is 2. The van der Waals surface area contributed by atoms with Crippen LogP contribution in [0.25, 0.3) is 0 Å². The summed E-state index contributed by atoms with van der Waals surface area (Å²) in [6, 6.07) is 3.71. The Morgan fingerprint density at radius 3 is 2.91 bits per heavy atom. The summed E-state index contributed by atoms with van der Waals surface area (Å²) in [4.78, 5) is 31.6. The molecule has 0 aliphatic heterocycles. The van der Waals surface area contributed by atoms with Crippen molar-refractivity contribution in [1.29, 1.82) is 0 Å². The molecule has 0 aliphatic carbocycles. The van der Waals surface area contributed by atoms with Crippen LogP contribution in [0.15, 0.2) is 23.8 Å². The Morgan fingerprint density at radius 1 is 1.36 bits per heavy atom. The second-order valence-corrected chi connectivity index (χ2v) is 5.22. The first-order valence-corrected chi connectivity index (χ1v) is 7.55. The maximum absolute atomic E-state index is 12.1. The number of aryl methyl sites for hydroxylation is 1. The third-order valence-corrected chi connectivity index (χ3v) is 3.43. The minimum absolute atomic E-state index is 0.170. The highest BCUT2D eigenvalue weighted by Crippen LogP contribution is 2.20. The van der Waals surface area contributed by atoms with Gasteiger partial charge in [0.2, 0.25) is 0 Å². The zero-order chi connectivity index (χ0) is 15.9.